The fourth-order valence-corrected chi connectivity index (χ4v) is 6.06. The number of hydrogen-bond acceptors (Lipinski definition) is 6. The average Bonchev–Trinajstić information content (AvgIpc) is 3.23. The van der Waals surface area contributed by atoms with Crippen molar-refractivity contribution in [3.63, 3.8) is 0 Å². The van der Waals surface area contributed by atoms with E-state index in [4.69, 9.17) is 4.74 Å². The molecule has 1 fully saturated rings. The zero-order valence-corrected chi connectivity index (χ0v) is 17.8. The molecule has 1 aliphatic heterocycles. The van der Waals surface area contributed by atoms with Crippen molar-refractivity contribution in [3.8, 4) is 5.75 Å². The molecule has 6 nitrogen and oxygen atoms in total. The van der Waals surface area contributed by atoms with E-state index in [-0.39, 0.29) is 5.92 Å². The van der Waals surface area contributed by atoms with Gasteiger partial charge in [0.15, 0.2) is 0 Å². The molecule has 0 unspecified atom stereocenters. The summed E-state index contributed by atoms with van der Waals surface area (Å²) >= 11 is 1.59. The van der Waals surface area contributed by atoms with Gasteiger partial charge in [-0.15, -0.1) is 21.5 Å². The van der Waals surface area contributed by atoms with E-state index in [1.165, 1.54) is 5.56 Å². The molecule has 0 spiro atoms. The molecule has 3 aromatic rings. The fourth-order valence-electron chi connectivity index (χ4n) is 3.53. The van der Waals surface area contributed by atoms with Gasteiger partial charge < -0.3 is 4.74 Å². The second-order valence-corrected chi connectivity index (χ2v) is 10.1. The van der Waals surface area contributed by atoms with E-state index in [9.17, 15) is 8.42 Å². The minimum absolute atomic E-state index is 0.0822. The Kier molecular flexibility index (Phi) is 5.94. The van der Waals surface area contributed by atoms with Gasteiger partial charge in [0.2, 0.25) is 10.0 Å². The zero-order chi connectivity index (χ0) is 20.3. The number of methoxy groups -OCH3 is 1. The molecule has 1 saturated heterocycles. The van der Waals surface area contributed by atoms with E-state index in [0.717, 1.165) is 29.3 Å². The van der Waals surface area contributed by atoms with Gasteiger partial charge in [-0.2, -0.15) is 4.31 Å². The molecule has 0 bridgehead atoms. The predicted molar refractivity (Wildman–Crippen MR) is 113 cm³/mol. The molecule has 2 aromatic carbocycles. The second-order valence-electron chi connectivity index (χ2n) is 7.07. The lowest BCUT2D eigenvalue weighted by molar-refractivity contribution is 0.314. The molecular formula is C21H23N3O3S2. The van der Waals surface area contributed by atoms with Crippen LogP contribution < -0.4 is 4.74 Å². The number of piperidine rings is 1. The Hall–Kier alpha value is -2.29. The van der Waals surface area contributed by atoms with Crippen molar-refractivity contribution < 1.29 is 13.2 Å². The summed E-state index contributed by atoms with van der Waals surface area (Å²) in [5.41, 5.74) is 1.20. The zero-order valence-electron chi connectivity index (χ0n) is 16.2. The smallest absolute Gasteiger partial charge is 0.243 e. The van der Waals surface area contributed by atoms with Gasteiger partial charge in [0.1, 0.15) is 15.8 Å². The highest BCUT2D eigenvalue weighted by Gasteiger charge is 2.32. The summed E-state index contributed by atoms with van der Waals surface area (Å²) in [5.74, 6) is 0.721. The van der Waals surface area contributed by atoms with Gasteiger partial charge in [-0.05, 0) is 42.7 Å². The average molecular weight is 430 g/mol. The van der Waals surface area contributed by atoms with Crippen LogP contribution in [0.3, 0.4) is 0 Å². The third-order valence-electron chi connectivity index (χ3n) is 5.11. The lowest BCUT2D eigenvalue weighted by Crippen LogP contribution is -2.39. The molecule has 152 valence electrons. The summed E-state index contributed by atoms with van der Waals surface area (Å²) in [6.07, 6.45) is 2.49. The minimum Gasteiger partial charge on any atom is -0.497 e. The summed E-state index contributed by atoms with van der Waals surface area (Å²) in [5, 5.41) is 10.6. The quantitative estimate of drug-likeness (QED) is 0.597. The molecular weight excluding hydrogens is 406 g/mol. The summed E-state index contributed by atoms with van der Waals surface area (Å²) in [6.45, 7) is 0.967. The van der Waals surface area contributed by atoms with Crippen LogP contribution in [0.25, 0.3) is 0 Å². The molecule has 0 saturated carbocycles. The van der Waals surface area contributed by atoms with Crippen LogP contribution in [0.15, 0.2) is 59.5 Å². The molecule has 2 heterocycles. The Bertz CT molecular complexity index is 1050. The first kappa shape index (κ1) is 20.0. The van der Waals surface area contributed by atoms with Crippen LogP contribution in [0.1, 0.15) is 34.3 Å². The topological polar surface area (TPSA) is 72.4 Å². The minimum atomic E-state index is -3.54. The van der Waals surface area contributed by atoms with E-state index < -0.39 is 10.0 Å². The first-order valence-corrected chi connectivity index (χ1v) is 11.8. The maximum atomic E-state index is 13.1. The summed E-state index contributed by atoms with van der Waals surface area (Å²) in [7, 11) is -1.97. The van der Waals surface area contributed by atoms with Crippen molar-refractivity contribution in [2.75, 3.05) is 20.2 Å². The Labute approximate surface area is 175 Å². The van der Waals surface area contributed by atoms with Crippen molar-refractivity contribution >= 4 is 21.4 Å². The van der Waals surface area contributed by atoms with Gasteiger partial charge in [-0.25, -0.2) is 8.42 Å². The van der Waals surface area contributed by atoms with Crippen LogP contribution in [0.5, 0.6) is 5.75 Å². The van der Waals surface area contributed by atoms with Crippen LogP contribution in [0.4, 0.5) is 0 Å². The Morgan fingerprint density at radius 1 is 1.10 bits per heavy atom. The SMILES string of the molecule is COc1ccc(S(=O)(=O)N2CCC[C@H](c3nnc(Cc4ccccc4)s3)C2)cc1. The van der Waals surface area contributed by atoms with E-state index in [1.807, 2.05) is 18.2 Å². The first-order valence-electron chi connectivity index (χ1n) is 9.56. The van der Waals surface area contributed by atoms with Crippen LogP contribution >= 0.6 is 11.3 Å². The largest absolute Gasteiger partial charge is 0.497 e. The van der Waals surface area contributed by atoms with Crippen molar-refractivity contribution in [2.24, 2.45) is 0 Å². The number of hydrogen-bond donors (Lipinski definition) is 0. The van der Waals surface area contributed by atoms with Gasteiger partial charge in [0, 0.05) is 25.4 Å². The van der Waals surface area contributed by atoms with Crippen molar-refractivity contribution in [2.45, 2.75) is 30.1 Å². The number of rotatable bonds is 6. The molecule has 0 radical (unpaired) electrons. The lowest BCUT2D eigenvalue weighted by atomic mass is 10.0. The van der Waals surface area contributed by atoms with E-state index in [0.29, 0.717) is 23.7 Å². The van der Waals surface area contributed by atoms with Gasteiger partial charge in [0.05, 0.1) is 12.0 Å². The highest BCUT2D eigenvalue weighted by Crippen LogP contribution is 2.32. The normalized spacial score (nSPS) is 17.9. The summed E-state index contributed by atoms with van der Waals surface area (Å²) < 4.78 is 32.8. The van der Waals surface area contributed by atoms with Crippen LogP contribution in [0.2, 0.25) is 0 Å². The van der Waals surface area contributed by atoms with Gasteiger partial charge in [0.25, 0.3) is 0 Å². The fraction of sp³-hybridized carbons (Fsp3) is 0.333. The van der Waals surface area contributed by atoms with E-state index >= 15 is 0 Å². The molecule has 0 amide bonds. The number of sulfonamides is 1. The van der Waals surface area contributed by atoms with Crippen LogP contribution in [-0.2, 0) is 16.4 Å². The highest BCUT2D eigenvalue weighted by molar-refractivity contribution is 7.89. The molecule has 29 heavy (non-hydrogen) atoms. The van der Waals surface area contributed by atoms with Crippen molar-refractivity contribution in [3.05, 3.63) is 70.2 Å². The highest BCUT2D eigenvalue weighted by atomic mass is 32.2. The van der Waals surface area contributed by atoms with Crippen LogP contribution in [0, 0.1) is 0 Å². The molecule has 4 rings (SSSR count). The molecule has 1 aliphatic rings. The van der Waals surface area contributed by atoms with Crippen LogP contribution in [-0.4, -0.2) is 43.1 Å². The van der Waals surface area contributed by atoms with Gasteiger partial charge >= 0.3 is 0 Å². The van der Waals surface area contributed by atoms with E-state index in [1.54, 1.807) is 47.0 Å². The maximum absolute atomic E-state index is 13.1. The number of aromatic nitrogens is 2. The third-order valence-corrected chi connectivity index (χ3v) is 8.08. The molecule has 1 aromatic heterocycles. The Balaban J connectivity index is 1.48. The van der Waals surface area contributed by atoms with Crippen molar-refractivity contribution in [1.82, 2.24) is 14.5 Å². The van der Waals surface area contributed by atoms with Gasteiger partial charge in [-0.1, -0.05) is 30.3 Å². The number of nitrogens with zero attached hydrogens (tertiary/aromatic N) is 3. The molecule has 1 atom stereocenters. The first-order chi connectivity index (χ1) is 14.1. The Morgan fingerprint density at radius 2 is 1.86 bits per heavy atom. The van der Waals surface area contributed by atoms with E-state index in [2.05, 4.69) is 22.3 Å². The monoisotopic (exact) mass is 429 g/mol. The lowest BCUT2D eigenvalue weighted by Gasteiger charge is -2.30. The second kappa shape index (κ2) is 8.61. The summed E-state index contributed by atoms with van der Waals surface area (Å²) in [4.78, 5) is 0.293. The van der Waals surface area contributed by atoms with Crippen molar-refractivity contribution in [1.29, 1.82) is 0 Å². The molecule has 0 aliphatic carbocycles. The summed E-state index contributed by atoms with van der Waals surface area (Å²) in [6, 6.07) is 16.7. The Morgan fingerprint density at radius 3 is 2.59 bits per heavy atom. The standard InChI is InChI=1S/C21H23N3O3S2/c1-27-18-9-11-19(12-10-18)29(25,26)24-13-5-8-17(15-24)21-23-22-20(28-21)14-16-6-3-2-4-7-16/h2-4,6-7,9-12,17H,5,8,13-15H2,1H3/t17-/m0/s1. The maximum Gasteiger partial charge on any atom is 0.243 e. The number of ether oxygens (including phenoxy) is 1. The van der Waals surface area contributed by atoms with Gasteiger partial charge in [-0.3, -0.25) is 0 Å². The third kappa shape index (κ3) is 4.49. The predicted octanol–water partition coefficient (Wildman–Crippen LogP) is 3.71. The molecule has 0 N–H and O–H groups in total. The number of benzene rings is 2. The molecule has 8 heteroatoms.